The maximum atomic E-state index is 13.0. The van der Waals surface area contributed by atoms with E-state index in [1.165, 1.54) is 18.4 Å². The molecule has 19 heavy (non-hydrogen) atoms. The molecule has 3 rings (SSSR count). The Morgan fingerprint density at radius 3 is 2.53 bits per heavy atom. The highest BCUT2D eigenvalue weighted by Gasteiger charge is 2.20. The lowest BCUT2D eigenvalue weighted by molar-refractivity contribution is 0.439. The first-order valence-electron chi connectivity index (χ1n) is 5.41. The summed E-state index contributed by atoms with van der Waals surface area (Å²) < 4.78 is 23.0. The van der Waals surface area contributed by atoms with Gasteiger partial charge in [-0.3, -0.25) is 0 Å². The largest absolute Gasteiger partial charge is 0.452 e. The van der Waals surface area contributed by atoms with Crippen LogP contribution in [0.5, 0.6) is 0 Å². The van der Waals surface area contributed by atoms with Crippen LogP contribution >= 0.6 is 11.6 Å². The summed E-state index contributed by atoms with van der Waals surface area (Å²) in [5.74, 6) is -0.194. The van der Waals surface area contributed by atoms with E-state index in [9.17, 15) is 4.39 Å². The zero-order chi connectivity index (χ0) is 13.4. The Morgan fingerprint density at radius 1 is 1.16 bits per heavy atom. The van der Waals surface area contributed by atoms with Gasteiger partial charge in [-0.2, -0.15) is 0 Å². The molecule has 1 aromatic carbocycles. The van der Waals surface area contributed by atoms with E-state index >= 15 is 0 Å². The average molecular weight is 279 g/mol. The number of rotatable bonds is 2. The summed E-state index contributed by atoms with van der Waals surface area (Å²) in [6, 6.07) is 7.52. The Bertz CT molecular complexity index is 719. The number of hydrogen-bond acceptors (Lipinski definition) is 4. The van der Waals surface area contributed by atoms with Crippen LogP contribution in [0.4, 0.5) is 10.3 Å². The minimum Gasteiger partial charge on any atom is -0.452 e. The van der Waals surface area contributed by atoms with Crippen molar-refractivity contribution in [3.63, 3.8) is 0 Å². The first-order chi connectivity index (χ1) is 9.16. The fourth-order valence-corrected chi connectivity index (χ4v) is 2.05. The van der Waals surface area contributed by atoms with Crippen LogP contribution in [0.25, 0.3) is 22.4 Å². The summed E-state index contributed by atoms with van der Waals surface area (Å²) in [4.78, 5) is 0. The number of nitrogen functional groups attached to an aromatic ring is 1. The van der Waals surface area contributed by atoms with Crippen molar-refractivity contribution in [3.05, 3.63) is 47.6 Å². The molecule has 0 aliphatic carbocycles. The van der Waals surface area contributed by atoms with Crippen LogP contribution < -0.4 is 5.73 Å². The molecule has 0 amide bonds. The number of furan rings is 1. The van der Waals surface area contributed by atoms with E-state index in [0.717, 1.165) is 0 Å². The molecule has 4 nitrogen and oxygen atoms in total. The lowest BCUT2D eigenvalue weighted by Crippen LogP contribution is -1.87. The van der Waals surface area contributed by atoms with Gasteiger partial charge in [0.15, 0.2) is 0 Å². The van der Waals surface area contributed by atoms with E-state index in [-0.39, 0.29) is 16.9 Å². The summed E-state index contributed by atoms with van der Waals surface area (Å²) in [5, 5.41) is 4.07. The predicted octanol–water partition coefficient (Wildman–Crippen LogP) is 3.98. The van der Waals surface area contributed by atoms with Crippen LogP contribution in [-0.4, -0.2) is 5.16 Å². The lowest BCUT2D eigenvalue weighted by atomic mass is 10.0. The first-order valence-corrected chi connectivity index (χ1v) is 5.79. The molecular formula is C13H8ClFN2O2. The van der Waals surface area contributed by atoms with Crippen LogP contribution in [0.3, 0.4) is 0 Å². The molecule has 0 atom stereocenters. The smallest absolute Gasteiger partial charge is 0.230 e. The zero-order valence-corrected chi connectivity index (χ0v) is 10.3. The Hall–Kier alpha value is -2.27. The van der Waals surface area contributed by atoms with Crippen LogP contribution in [0, 0.1) is 5.82 Å². The number of hydrogen-bond donors (Lipinski definition) is 1. The van der Waals surface area contributed by atoms with Gasteiger partial charge in [0.25, 0.3) is 0 Å². The second-order valence-corrected chi connectivity index (χ2v) is 4.23. The summed E-state index contributed by atoms with van der Waals surface area (Å²) in [5.41, 5.74) is 8.05. The minimum atomic E-state index is -0.332. The molecule has 6 heteroatoms. The summed E-state index contributed by atoms with van der Waals surface area (Å²) in [6.45, 7) is 0. The van der Waals surface area contributed by atoms with Gasteiger partial charge in [-0.25, -0.2) is 4.39 Å². The quantitative estimate of drug-likeness (QED) is 0.770. The van der Waals surface area contributed by atoms with E-state index in [1.54, 1.807) is 18.2 Å². The molecule has 2 aromatic heterocycles. The van der Waals surface area contributed by atoms with E-state index in [1.807, 2.05) is 0 Å². The third-order valence-electron chi connectivity index (χ3n) is 2.72. The Balaban J connectivity index is 2.19. The number of halogens is 2. The maximum absolute atomic E-state index is 13.0. The molecule has 0 radical (unpaired) electrons. The van der Waals surface area contributed by atoms with E-state index in [0.29, 0.717) is 22.4 Å². The number of nitrogens with two attached hydrogens (primary N) is 1. The van der Waals surface area contributed by atoms with Gasteiger partial charge in [0.2, 0.25) is 11.1 Å². The maximum Gasteiger partial charge on any atom is 0.230 e. The van der Waals surface area contributed by atoms with Crippen molar-refractivity contribution in [2.24, 2.45) is 0 Å². The van der Waals surface area contributed by atoms with Crippen molar-refractivity contribution in [1.82, 2.24) is 5.16 Å². The third-order valence-corrected chi connectivity index (χ3v) is 3.02. The molecule has 0 spiro atoms. The second kappa shape index (κ2) is 4.44. The van der Waals surface area contributed by atoms with Crippen molar-refractivity contribution in [3.8, 4) is 22.4 Å². The van der Waals surface area contributed by atoms with Crippen LogP contribution in [0.1, 0.15) is 0 Å². The van der Waals surface area contributed by atoms with E-state index in [2.05, 4.69) is 5.16 Å². The third kappa shape index (κ3) is 1.98. The van der Waals surface area contributed by atoms with Crippen molar-refractivity contribution in [2.45, 2.75) is 0 Å². The molecule has 0 aliphatic rings. The van der Waals surface area contributed by atoms with E-state index < -0.39 is 0 Å². The van der Waals surface area contributed by atoms with Crippen LogP contribution in [-0.2, 0) is 0 Å². The second-order valence-electron chi connectivity index (χ2n) is 3.89. The minimum absolute atomic E-state index is 0.138. The average Bonchev–Trinajstić information content (AvgIpc) is 2.97. The fourth-order valence-electron chi connectivity index (χ4n) is 1.85. The standard InChI is InChI=1S/C13H8ClFN2O2/c14-12-9(5-6-18-12)11-10(13(16)19-17-11)7-1-3-8(15)4-2-7/h1-6H,16H2. The molecular weight excluding hydrogens is 271 g/mol. The van der Waals surface area contributed by atoms with Gasteiger partial charge in [0.1, 0.15) is 11.5 Å². The van der Waals surface area contributed by atoms with Crippen molar-refractivity contribution < 1.29 is 13.3 Å². The van der Waals surface area contributed by atoms with Crippen LogP contribution in [0.2, 0.25) is 5.22 Å². The monoisotopic (exact) mass is 278 g/mol. The molecule has 0 saturated heterocycles. The molecule has 0 unspecified atom stereocenters. The van der Waals surface area contributed by atoms with Crippen LogP contribution in [0.15, 0.2) is 45.5 Å². The molecule has 96 valence electrons. The SMILES string of the molecule is Nc1onc(-c2ccoc2Cl)c1-c1ccc(F)cc1. The van der Waals surface area contributed by atoms with Crippen molar-refractivity contribution in [2.75, 3.05) is 5.73 Å². The zero-order valence-electron chi connectivity index (χ0n) is 9.56. The van der Waals surface area contributed by atoms with Gasteiger partial charge in [-0.05, 0) is 35.4 Å². The van der Waals surface area contributed by atoms with Gasteiger partial charge in [0, 0.05) is 0 Å². The Kier molecular flexibility index (Phi) is 2.76. The molecule has 2 heterocycles. The van der Waals surface area contributed by atoms with Gasteiger partial charge < -0.3 is 14.7 Å². The number of aromatic nitrogens is 1. The number of nitrogens with zero attached hydrogens (tertiary/aromatic N) is 1. The fraction of sp³-hybridized carbons (Fsp3) is 0. The molecule has 3 aromatic rings. The van der Waals surface area contributed by atoms with Crippen molar-refractivity contribution >= 4 is 17.5 Å². The normalized spacial score (nSPS) is 10.8. The first kappa shape index (κ1) is 11.8. The highest BCUT2D eigenvalue weighted by Crippen LogP contribution is 2.39. The summed E-state index contributed by atoms with van der Waals surface area (Å²) in [6.07, 6.45) is 1.44. The van der Waals surface area contributed by atoms with Gasteiger partial charge in [-0.15, -0.1) is 0 Å². The molecule has 0 aliphatic heterocycles. The highest BCUT2D eigenvalue weighted by molar-refractivity contribution is 6.31. The topological polar surface area (TPSA) is 65.2 Å². The summed E-state index contributed by atoms with van der Waals surface area (Å²) >= 11 is 5.92. The number of benzene rings is 1. The molecule has 0 bridgehead atoms. The number of anilines is 1. The molecule has 0 fully saturated rings. The Labute approximate surface area is 112 Å². The van der Waals surface area contributed by atoms with E-state index in [4.69, 9.17) is 26.3 Å². The predicted molar refractivity (Wildman–Crippen MR) is 69.0 cm³/mol. The van der Waals surface area contributed by atoms with Crippen molar-refractivity contribution in [1.29, 1.82) is 0 Å². The Morgan fingerprint density at radius 2 is 1.89 bits per heavy atom. The van der Waals surface area contributed by atoms with Gasteiger partial charge in [-0.1, -0.05) is 17.3 Å². The van der Waals surface area contributed by atoms with Gasteiger partial charge in [0.05, 0.1) is 17.4 Å². The lowest BCUT2D eigenvalue weighted by Gasteiger charge is -2.01. The van der Waals surface area contributed by atoms with Gasteiger partial charge >= 0.3 is 0 Å². The summed E-state index contributed by atoms with van der Waals surface area (Å²) in [7, 11) is 0. The molecule has 0 saturated carbocycles. The highest BCUT2D eigenvalue weighted by atomic mass is 35.5. The molecule has 2 N–H and O–H groups in total.